The smallest absolute Gasteiger partial charge is 0.251 e. The summed E-state index contributed by atoms with van der Waals surface area (Å²) in [5.74, 6) is 1.01. The van der Waals surface area contributed by atoms with Gasteiger partial charge in [0.15, 0.2) is 0 Å². The number of nitrogens with zero attached hydrogens (tertiary/aromatic N) is 2. The second-order valence-corrected chi connectivity index (χ2v) is 4.64. The Bertz CT molecular complexity index is 583. The summed E-state index contributed by atoms with van der Waals surface area (Å²) in [6, 6.07) is 3.20. The van der Waals surface area contributed by atoms with E-state index in [9.17, 15) is 4.79 Å². The lowest BCUT2D eigenvalue weighted by atomic mass is 10.2. The quantitative estimate of drug-likeness (QED) is 0.877. The van der Waals surface area contributed by atoms with Crippen molar-refractivity contribution in [3.05, 3.63) is 45.9 Å². The molecule has 2 heterocycles. The van der Waals surface area contributed by atoms with Crippen LogP contribution in [0.3, 0.4) is 0 Å². The average Bonchev–Trinajstić information content (AvgIpc) is 2.64. The predicted octanol–water partition coefficient (Wildman–Crippen LogP) is 2.58. The third-order valence-corrected chi connectivity index (χ3v) is 2.85. The molecule has 1 N–H and O–H groups in total. The number of aryl methyl sites for hydroxylation is 3. The van der Waals surface area contributed by atoms with Crippen molar-refractivity contribution < 1.29 is 9.21 Å². The third-order valence-electron chi connectivity index (χ3n) is 2.66. The minimum Gasteiger partial charge on any atom is -0.444 e. The van der Waals surface area contributed by atoms with Gasteiger partial charge >= 0.3 is 0 Å². The van der Waals surface area contributed by atoms with E-state index >= 15 is 0 Å². The van der Waals surface area contributed by atoms with E-state index in [1.165, 1.54) is 6.07 Å². The number of carbonyl (C=O) groups excluding carboxylic acids is 1. The number of hydrogen-bond acceptors (Lipinski definition) is 4. The number of pyridine rings is 1. The van der Waals surface area contributed by atoms with Crippen LogP contribution in [0, 0.1) is 20.8 Å². The van der Waals surface area contributed by atoms with E-state index in [0.717, 1.165) is 11.5 Å². The maximum atomic E-state index is 11.9. The van der Waals surface area contributed by atoms with Gasteiger partial charge in [0, 0.05) is 11.3 Å². The van der Waals surface area contributed by atoms with Crippen LogP contribution in [0.15, 0.2) is 16.5 Å². The normalized spacial score (nSPS) is 10.5. The molecule has 2 aromatic rings. The van der Waals surface area contributed by atoms with Crippen LogP contribution in [0.25, 0.3) is 0 Å². The molecule has 0 atom stereocenters. The molecule has 0 aliphatic rings. The van der Waals surface area contributed by atoms with E-state index in [-0.39, 0.29) is 12.5 Å². The van der Waals surface area contributed by atoms with Crippen LogP contribution in [0.5, 0.6) is 0 Å². The molecule has 0 aliphatic carbocycles. The first-order valence-electron chi connectivity index (χ1n) is 5.81. The topological polar surface area (TPSA) is 68.0 Å². The first kappa shape index (κ1) is 13.5. The number of carbonyl (C=O) groups is 1. The highest BCUT2D eigenvalue weighted by molar-refractivity contribution is 6.29. The van der Waals surface area contributed by atoms with Crippen molar-refractivity contribution in [1.82, 2.24) is 15.3 Å². The molecule has 2 rings (SSSR count). The summed E-state index contributed by atoms with van der Waals surface area (Å²) in [4.78, 5) is 20.1. The molecule has 0 spiro atoms. The molecule has 19 heavy (non-hydrogen) atoms. The van der Waals surface area contributed by atoms with Gasteiger partial charge in [-0.15, -0.1) is 0 Å². The predicted molar refractivity (Wildman–Crippen MR) is 71.1 cm³/mol. The minimum absolute atomic E-state index is 0.235. The van der Waals surface area contributed by atoms with Crippen LogP contribution in [-0.4, -0.2) is 15.9 Å². The van der Waals surface area contributed by atoms with Gasteiger partial charge in [0.25, 0.3) is 5.91 Å². The molecule has 0 unspecified atom stereocenters. The van der Waals surface area contributed by atoms with Crippen molar-refractivity contribution in [3.8, 4) is 0 Å². The molecule has 0 bridgehead atoms. The summed E-state index contributed by atoms with van der Waals surface area (Å²) in [7, 11) is 0. The van der Waals surface area contributed by atoms with Gasteiger partial charge in [-0.1, -0.05) is 11.6 Å². The van der Waals surface area contributed by atoms with Crippen LogP contribution in [0.2, 0.25) is 5.15 Å². The second kappa shape index (κ2) is 5.40. The number of amides is 1. The molecule has 5 nitrogen and oxygen atoms in total. The highest BCUT2D eigenvalue weighted by Gasteiger charge is 2.10. The Hall–Kier alpha value is -1.88. The Morgan fingerprint density at radius 1 is 1.32 bits per heavy atom. The molecule has 6 heteroatoms. The van der Waals surface area contributed by atoms with Crippen LogP contribution in [-0.2, 0) is 6.54 Å². The van der Waals surface area contributed by atoms with Gasteiger partial charge in [0.2, 0.25) is 5.89 Å². The summed E-state index contributed by atoms with van der Waals surface area (Å²) in [5, 5.41) is 3.03. The van der Waals surface area contributed by atoms with Crippen LogP contribution in [0.1, 0.15) is 33.4 Å². The first-order valence-corrected chi connectivity index (χ1v) is 6.19. The zero-order chi connectivity index (χ0) is 14.0. The van der Waals surface area contributed by atoms with Crippen LogP contribution >= 0.6 is 11.6 Å². The summed E-state index contributed by atoms with van der Waals surface area (Å²) in [5.41, 5.74) is 1.99. The van der Waals surface area contributed by atoms with E-state index in [4.69, 9.17) is 16.0 Å². The fraction of sp³-hybridized carbons (Fsp3) is 0.308. The van der Waals surface area contributed by atoms with Gasteiger partial charge < -0.3 is 9.73 Å². The molecule has 0 saturated carbocycles. The van der Waals surface area contributed by atoms with E-state index in [1.54, 1.807) is 13.0 Å². The number of aromatic nitrogens is 2. The van der Waals surface area contributed by atoms with Crippen molar-refractivity contribution in [2.75, 3.05) is 0 Å². The van der Waals surface area contributed by atoms with E-state index in [2.05, 4.69) is 15.3 Å². The zero-order valence-corrected chi connectivity index (χ0v) is 11.7. The highest BCUT2D eigenvalue weighted by Crippen LogP contribution is 2.11. The number of oxazole rings is 1. The maximum Gasteiger partial charge on any atom is 0.251 e. The maximum absolute atomic E-state index is 11.9. The van der Waals surface area contributed by atoms with Crippen molar-refractivity contribution in [2.45, 2.75) is 27.3 Å². The highest BCUT2D eigenvalue weighted by atomic mass is 35.5. The Labute approximate surface area is 116 Å². The molecule has 0 fully saturated rings. The fourth-order valence-corrected chi connectivity index (χ4v) is 1.88. The molecular formula is C13H14ClN3O2. The Kier molecular flexibility index (Phi) is 3.85. The molecule has 1 amide bonds. The Morgan fingerprint density at radius 2 is 2.05 bits per heavy atom. The summed E-state index contributed by atoms with van der Waals surface area (Å²) < 4.78 is 5.38. The molecule has 0 aromatic carbocycles. The Morgan fingerprint density at radius 3 is 2.63 bits per heavy atom. The van der Waals surface area contributed by atoms with Crippen LogP contribution < -0.4 is 5.32 Å². The van der Waals surface area contributed by atoms with Gasteiger partial charge in [-0.05, 0) is 32.9 Å². The lowest BCUT2D eigenvalue weighted by Gasteiger charge is -2.04. The van der Waals surface area contributed by atoms with Crippen molar-refractivity contribution in [2.24, 2.45) is 0 Å². The fourth-order valence-electron chi connectivity index (χ4n) is 1.63. The lowest BCUT2D eigenvalue weighted by molar-refractivity contribution is 0.0947. The van der Waals surface area contributed by atoms with Gasteiger partial charge in [0.05, 0.1) is 12.2 Å². The van der Waals surface area contributed by atoms with E-state index < -0.39 is 0 Å². The number of nitrogens with one attached hydrogen (secondary N) is 1. The lowest BCUT2D eigenvalue weighted by Crippen LogP contribution is -2.23. The largest absolute Gasteiger partial charge is 0.444 e. The molecule has 0 aliphatic heterocycles. The van der Waals surface area contributed by atoms with Crippen molar-refractivity contribution >= 4 is 17.5 Å². The van der Waals surface area contributed by atoms with Crippen molar-refractivity contribution in [3.63, 3.8) is 0 Å². The minimum atomic E-state index is -0.235. The second-order valence-electron chi connectivity index (χ2n) is 4.25. The van der Waals surface area contributed by atoms with Crippen LogP contribution in [0.4, 0.5) is 0 Å². The third kappa shape index (κ3) is 3.32. The van der Waals surface area contributed by atoms with Gasteiger partial charge in [-0.25, -0.2) is 9.97 Å². The monoisotopic (exact) mass is 279 g/mol. The van der Waals surface area contributed by atoms with Gasteiger partial charge in [-0.3, -0.25) is 4.79 Å². The summed E-state index contributed by atoms with van der Waals surface area (Å²) in [6.45, 7) is 5.71. The summed E-state index contributed by atoms with van der Waals surface area (Å²) in [6.07, 6.45) is 0. The SMILES string of the molecule is Cc1cc(C(=O)NCc2nc(C)c(C)o2)cc(Cl)n1. The van der Waals surface area contributed by atoms with Gasteiger partial charge in [0.1, 0.15) is 10.9 Å². The molecule has 2 aromatic heterocycles. The molecule has 0 radical (unpaired) electrons. The standard InChI is InChI=1S/C13H14ClN3O2/c1-7-4-10(5-11(14)16-7)13(18)15-6-12-17-8(2)9(3)19-12/h4-5H,6H2,1-3H3,(H,15,18). The van der Waals surface area contributed by atoms with Gasteiger partial charge in [-0.2, -0.15) is 0 Å². The van der Waals surface area contributed by atoms with Crippen molar-refractivity contribution in [1.29, 1.82) is 0 Å². The summed E-state index contributed by atoms with van der Waals surface area (Å²) >= 11 is 5.81. The molecular weight excluding hydrogens is 266 g/mol. The number of halogens is 1. The van der Waals surface area contributed by atoms with E-state index in [0.29, 0.717) is 22.3 Å². The zero-order valence-electron chi connectivity index (χ0n) is 11.0. The number of hydrogen-bond donors (Lipinski definition) is 1. The molecule has 0 saturated heterocycles. The number of rotatable bonds is 3. The Balaban J connectivity index is 2.05. The first-order chi connectivity index (χ1) is 8.95. The van der Waals surface area contributed by atoms with E-state index in [1.807, 2.05) is 13.8 Å². The molecule has 100 valence electrons. The average molecular weight is 280 g/mol.